The van der Waals surface area contributed by atoms with Gasteiger partial charge >= 0.3 is 12.1 Å². The summed E-state index contributed by atoms with van der Waals surface area (Å²) < 4.78 is 41.3. The van der Waals surface area contributed by atoms with E-state index in [9.17, 15) is 22.8 Å². The van der Waals surface area contributed by atoms with Gasteiger partial charge in [0.15, 0.2) is 5.96 Å². The summed E-state index contributed by atoms with van der Waals surface area (Å²) in [5.41, 5.74) is 11.9. The van der Waals surface area contributed by atoms with Crippen LogP contribution in [0.15, 0.2) is 47.5 Å². The molecule has 0 saturated carbocycles. The summed E-state index contributed by atoms with van der Waals surface area (Å²) in [5.74, 6) is -2.04. The van der Waals surface area contributed by atoms with Crippen LogP contribution in [0.5, 0.6) is 0 Å². The fraction of sp³-hybridized carbons (Fsp3) is 0.400. The molecule has 1 aliphatic rings. The minimum absolute atomic E-state index is 0.0169. The fourth-order valence-corrected chi connectivity index (χ4v) is 4.14. The van der Waals surface area contributed by atoms with Crippen molar-refractivity contribution in [3.05, 3.63) is 64.7 Å². The molecule has 1 aliphatic heterocycles. The van der Waals surface area contributed by atoms with Gasteiger partial charge in [0.05, 0.1) is 12.1 Å². The summed E-state index contributed by atoms with van der Waals surface area (Å²) >= 11 is 0. The van der Waals surface area contributed by atoms with E-state index in [0.29, 0.717) is 24.3 Å². The summed E-state index contributed by atoms with van der Waals surface area (Å²) in [6.07, 6.45) is -0.588. The lowest BCUT2D eigenvalue weighted by Gasteiger charge is -2.27. The van der Waals surface area contributed by atoms with Crippen molar-refractivity contribution in [2.75, 3.05) is 18.0 Å². The molecule has 1 amide bonds. The molecule has 0 aromatic heterocycles. The highest BCUT2D eigenvalue weighted by Crippen LogP contribution is 2.37. The van der Waals surface area contributed by atoms with Gasteiger partial charge in [0, 0.05) is 29.9 Å². The van der Waals surface area contributed by atoms with Gasteiger partial charge in [0.2, 0.25) is 0 Å². The molecule has 11 heteroatoms. The number of carboxylic acid groups (broad SMARTS) is 1. The van der Waals surface area contributed by atoms with Crippen molar-refractivity contribution in [2.45, 2.75) is 50.9 Å². The third kappa shape index (κ3) is 7.20. The molecule has 0 spiro atoms. The number of carboxylic acids is 1. The number of carbonyl (C=O) groups excluding carboxylic acids is 1. The Bertz CT molecular complexity index is 1100. The van der Waals surface area contributed by atoms with Crippen LogP contribution in [-0.2, 0) is 23.9 Å². The van der Waals surface area contributed by atoms with Gasteiger partial charge in [-0.15, -0.1) is 0 Å². The highest BCUT2D eigenvalue weighted by Gasteiger charge is 2.35. The molecule has 1 fully saturated rings. The summed E-state index contributed by atoms with van der Waals surface area (Å²) in [6, 6.07) is 9.11. The normalized spacial score (nSPS) is 15.8. The molecule has 3 rings (SSSR count). The van der Waals surface area contributed by atoms with E-state index in [2.05, 4.69) is 10.3 Å². The molecule has 1 unspecified atom stereocenters. The third-order valence-corrected chi connectivity index (χ3v) is 6.04. The molecule has 1 atom stereocenters. The molecule has 194 valence electrons. The number of hydrogen-bond acceptors (Lipinski definition) is 5. The van der Waals surface area contributed by atoms with E-state index >= 15 is 0 Å². The van der Waals surface area contributed by atoms with Crippen molar-refractivity contribution in [1.82, 2.24) is 5.32 Å². The lowest BCUT2D eigenvalue weighted by atomic mass is 10.0. The van der Waals surface area contributed by atoms with Gasteiger partial charge in [-0.1, -0.05) is 31.0 Å². The average Bonchev–Trinajstić information content (AvgIpc) is 3.12. The van der Waals surface area contributed by atoms with Gasteiger partial charge < -0.3 is 21.5 Å². The van der Waals surface area contributed by atoms with Crippen molar-refractivity contribution in [3.63, 3.8) is 0 Å². The quantitative estimate of drug-likeness (QED) is 0.337. The minimum atomic E-state index is -4.56. The molecule has 2 aromatic rings. The number of aliphatic carboxylic acids is 1. The molecular formula is C25H30F3N5O3. The predicted molar refractivity (Wildman–Crippen MR) is 131 cm³/mol. The summed E-state index contributed by atoms with van der Waals surface area (Å²) in [6.45, 7) is 0.981. The topological polar surface area (TPSA) is 134 Å². The van der Waals surface area contributed by atoms with Crippen LogP contribution >= 0.6 is 0 Å². The van der Waals surface area contributed by atoms with Crippen molar-refractivity contribution < 1.29 is 27.9 Å². The number of nitrogens with zero attached hydrogens (tertiary/aromatic N) is 2. The smallest absolute Gasteiger partial charge is 0.416 e. The number of guanidine groups is 1. The third-order valence-electron chi connectivity index (χ3n) is 6.04. The average molecular weight is 506 g/mol. The monoisotopic (exact) mass is 505 g/mol. The molecule has 1 saturated heterocycles. The standard InChI is InChI=1S/C25H30F3N5O3/c26-25(27,28)19-6-5-7-21(33-12-3-1-2-4-13-33)18(19)15-31-24(30)32-22(34)17-10-8-16(9-11-17)14-20(29)23(35)36/h5-11,20H,1-4,12-15,29H2,(H,35,36)(H3,30,31,32,34). The lowest BCUT2D eigenvalue weighted by Crippen LogP contribution is -2.37. The second kappa shape index (κ2) is 11.9. The van der Waals surface area contributed by atoms with E-state index in [1.807, 2.05) is 4.90 Å². The second-order valence-electron chi connectivity index (χ2n) is 8.70. The zero-order valence-electron chi connectivity index (χ0n) is 19.7. The number of nitrogens with one attached hydrogen (secondary N) is 1. The maximum absolute atomic E-state index is 13.8. The molecule has 2 aromatic carbocycles. The number of carbonyl (C=O) groups is 2. The SMILES string of the molecule is NC(=NCc1c(N2CCCCCC2)cccc1C(F)(F)F)NC(=O)c1ccc(CC(N)C(=O)O)cc1. The molecule has 6 N–H and O–H groups in total. The molecule has 8 nitrogen and oxygen atoms in total. The lowest BCUT2D eigenvalue weighted by molar-refractivity contribution is -0.139. The number of benzene rings is 2. The number of hydrogen-bond donors (Lipinski definition) is 4. The first kappa shape index (κ1) is 27.0. The fourth-order valence-electron chi connectivity index (χ4n) is 4.14. The largest absolute Gasteiger partial charge is 0.480 e. The Morgan fingerprint density at radius 1 is 1.06 bits per heavy atom. The van der Waals surface area contributed by atoms with E-state index in [0.717, 1.165) is 31.7 Å². The molecule has 36 heavy (non-hydrogen) atoms. The number of anilines is 1. The van der Waals surface area contributed by atoms with Crippen LogP contribution in [-0.4, -0.2) is 42.1 Å². The number of nitrogens with two attached hydrogens (primary N) is 2. The van der Waals surface area contributed by atoms with Gasteiger partial charge in [-0.3, -0.25) is 14.9 Å². The van der Waals surface area contributed by atoms with E-state index < -0.39 is 29.7 Å². The van der Waals surface area contributed by atoms with Crippen LogP contribution in [0.25, 0.3) is 0 Å². The number of aliphatic imine (C=N–C) groups is 1. The zero-order valence-corrected chi connectivity index (χ0v) is 19.7. The van der Waals surface area contributed by atoms with Crippen molar-refractivity contribution >= 4 is 23.5 Å². The van der Waals surface area contributed by atoms with Crippen LogP contribution in [0.4, 0.5) is 18.9 Å². The minimum Gasteiger partial charge on any atom is -0.480 e. The highest BCUT2D eigenvalue weighted by atomic mass is 19.4. The van der Waals surface area contributed by atoms with E-state index in [1.54, 1.807) is 18.2 Å². The maximum Gasteiger partial charge on any atom is 0.416 e. The Hall–Kier alpha value is -3.60. The van der Waals surface area contributed by atoms with Crippen LogP contribution in [0.2, 0.25) is 0 Å². The Balaban J connectivity index is 1.75. The Labute approximate surface area is 207 Å². The number of rotatable bonds is 7. The van der Waals surface area contributed by atoms with Crippen molar-refractivity contribution in [3.8, 4) is 0 Å². The van der Waals surface area contributed by atoms with E-state index in [1.165, 1.54) is 18.2 Å². The van der Waals surface area contributed by atoms with Crippen molar-refractivity contribution in [1.29, 1.82) is 0 Å². The summed E-state index contributed by atoms with van der Waals surface area (Å²) in [5, 5.41) is 11.3. The van der Waals surface area contributed by atoms with Crippen LogP contribution in [0.3, 0.4) is 0 Å². The maximum atomic E-state index is 13.8. The van der Waals surface area contributed by atoms with Gasteiger partial charge in [-0.05, 0) is 49.1 Å². The zero-order chi connectivity index (χ0) is 26.3. The van der Waals surface area contributed by atoms with Crippen molar-refractivity contribution in [2.24, 2.45) is 16.5 Å². The molecule has 1 heterocycles. The van der Waals surface area contributed by atoms with Gasteiger partial charge in [0.25, 0.3) is 5.91 Å². The first-order valence-corrected chi connectivity index (χ1v) is 11.7. The molecule has 0 radical (unpaired) electrons. The second-order valence-corrected chi connectivity index (χ2v) is 8.70. The molecule has 0 bridgehead atoms. The molecular weight excluding hydrogens is 475 g/mol. The predicted octanol–water partition coefficient (Wildman–Crippen LogP) is 3.28. The summed E-state index contributed by atoms with van der Waals surface area (Å²) in [4.78, 5) is 29.4. The first-order valence-electron chi connectivity index (χ1n) is 11.7. The number of amides is 1. The number of halogens is 3. The van der Waals surface area contributed by atoms with Gasteiger partial charge in [-0.25, -0.2) is 4.99 Å². The van der Waals surface area contributed by atoms with Crippen LogP contribution in [0.1, 0.15) is 52.7 Å². The highest BCUT2D eigenvalue weighted by molar-refractivity contribution is 6.05. The van der Waals surface area contributed by atoms with Crippen LogP contribution < -0.4 is 21.7 Å². The first-order chi connectivity index (χ1) is 17.1. The Kier molecular flexibility index (Phi) is 8.92. The number of alkyl halides is 3. The van der Waals surface area contributed by atoms with E-state index in [-0.39, 0.29) is 30.1 Å². The van der Waals surface area contributed by atoms with Gasteiger partial charge in [-0.2, -0.15) is 13.2 Å². The van der Waals surface area contributed by atoms with E-state index in [4.69, 9.17) is 16.6 Å². The molecule has 0 aliphatic carbocycles. The Morgan fingerprint density at radius 3 is 2.28 bits per heavy atom. The van der Waals surface area contributed by atoms with Gasteiger partial charge in [0.1, 0.15) is 6.04 Å². The van der Waals surface area contributed by atoms with Crippen LogP contribution in [0, 0.1) is 0 Å². The summed E-state index contributed by atoms with van der Waals surface area (Å²) in [7, 11) is 0. The Morgan fingerprint density at radius 2 is 1.69 bits per heavy atom.